The molecule has 0 saturated heterocycles. The number of nitrogens with one attached hydrogen (secondary N) is 1. The van der Waals surface area contributed by atoms with E-state index in [-0.39, 0.29) is 10.9 Å². The number of hydrogen-bond donors (Lipinski definition) is 2. The maximum Gasteiger partial charge on any atom is 0.335 e. The van der Waals surface area contributed by atoms with Gasteiger partial charge < -0.3 is 5.11 Å². The van der Waals surface area contributed by atoms with E-state index in [0.717, 1.165) is 0 Å². The van der Waals surface area contributed by atoms with Crippen molar-refractivity contribution >= 4 is 16.9 Å². The van der Waals surface area contributed by atoms with Crippen LogP contribution in [0.2, 0.25) is 0 Å². The van der Waals surface area contributed by atoms with Crippen LogP contribution in [0.25, 0.3) is 10.9 Å². The number of rotatable bonds is 2. The SMILES string of the molecule is CCn1c(=O)[nH]c(=O)c2cc(C(=O)O)ccc21. The van der Waals surface area contributed by atoms with E-state index in [9.17, 15) is 14.4 Å². The Bertz CT molecular complexity index is 711. The van der Waals surface area contributed by atoms with Gasteiger partial charge in [-0.15, -0.1) is 0 Å². The van der Waals surface area contributed by atoms with Crippen molar-refractivity contribution in [2.75, 3.05) is 0 Å². The average molecular weight is 234 g/mol. The second kappa shape index (κ2) is 3.89. The maximum absolute atomic E-state index is 11.6. The van der Waals surface area contributed by atoms with E-state index < -0.39 is 17.2 Å². The van der Waals surface area contributed by atoms with Crippen molar-refractivity contribution in [2.24, 2.45) is 0 Å². The molecular formula is C11H10N2O4. The number of aryl methyl sites for hydroxylation is 1. The zero-order valence-electron chi connectivity index (χ0n) is 9.06. The number of carbonyl (C=O) groups is 1. The fraction of sp³-hybridized carbons (Fsp3) is 0.182. The van der Waals surface area contributed by atoms with E-state index in [0.29, 0.717) is 12.1 Å². The maximum atomic E-state index is 11.6. The van der Waals surface area contributed by atoms with Crippen molar-refractivity contribution in [3.05, 3.63) is 44.6 Å². The van der Waals surface area contributed by atoms with Gasteiger partial charge in [0.2, 0.25) is 0 Å². The molecule has 6 heteroatoms. The smallest absolute Gasteiger partial charge is 0.335 e. The molecule has 2 aromatic rings. The van der Waals surface area contributed by atoms with Crippen LogP contribution < -0.4 is 11.2 Å². The molecule has 1 aromatic carbocycles. The van der Waals surface area contributed by atoms with Crippen molar-refractivity contribution in [1.29, 1.82) is 0 Å². The van der Waals surface area contributed by atoms with Crippen LogP contribution in [-0.2, 0) is 6.54 Å². The molecule has 2 rings (SSSR count). The standard InChI is InChI=1S/C11H10N2O4/c1-2-13-8-4-3-6(10(15)16)5-7(8)9(14)12-11(13)17/h3-5H,2H2,1H3,(H,15,16)(H,12,14,17). The Balaban J connectivity index is 2.93. The van der Waals surface area contributed by atoms with E-state index in [1.807, 2.05) is 0 Å². The van der Waals surface area contributed by atoms with Gasteiger partial charge >= 0.3 is 11.7 Å². The zero-order chi connectivity index (χ0) is 12.6. The van der Waals surface area contributed by atoms with Crippen LogP contribution in [0.15, 0.2) is 27.8 Å². The Hall–Kier alpha value is -2.37. The first-order valence-corrected chi connectivity index (χ1v) is 5.04. The molecular weight excluding hydrogens is 224 g/mol. The molecule has 1 aromatic heterocycles. The molecule has 0 fully saturated rings. The molecule has 0 atom stereocenters. The number of nitrogens with zero attached hydrogens (tertiary/aromatic N) is 1. The van der Waals surface area contributed by atoms with Gasteiger partial charge in [-0.25, -0.2) is 9.59 Å². The van der Waals surface area contributed by atoms with Crippen LogP contribution >= 0.6 is 0 Å². The van der Waals surface area contributed by atoms with Gasteiger partial charge in [-0.3, -0.25) is 14.3 Å². The van der Waals surface area contributed by atoms with E-state index in [1.165, 1.54) is 22.8 Å². The summed E-state index contributed by atoms with van der Waals surface area (Å²) in [5.41, 5.74) is -0.610. The molecule has 0 amide bonds. The second-order valence-electron chi connectivity index (χ2n) is 3.54. The first-order valence-electron chi connectivity index (χ1n) is 5.04. The molecule has 88 valence electrons. The third kappa shape index (κ3) is 1.73. The molecule has 0 unspecified atom stereocenters. The topological polar surface area (TPSA) is 92.2 Å². The number of aromatic carboxylic acids is 1. The lowest BCUT2D eigenvalue weighted by molar-refractivity contribution is 0.0697. The van der Waals surface area contributed by atoms with Crippen LogP contribution in [0.3, 0.4) is 0 Å². The van der Waals surface area contributed by atoms with E-state index >= 15 is 0 Å². The largest absolute Gasteiger partial charge is 0.478 e. The lowest BCUT2D eigenvalue weighted by Crippen LogP contribution is -2.29. The Morgan fingerprint density at radius 1 is 1.41 bits per heavy atom. The Morgan fingerprint density at radius 2 is 2.12 bits per heavy atom. The molecule has 17 heavy (non-hydrogen) atoms. The minimum atomic E-state index is -1.11. The van der Waals surface area contributed by atoms with Gasteiger partial charge in [-0.2, -0.15) is 0 Å². The van der Waals surface area contributed by atoms with Gasteiger partial charge in [0.25, 0.3) is 5.56 Å². The quantitative estimate of drug-likeness (QED) is 0.787. The molecule has 0 radical (unpaired) electrons. The predicted molar refractivity (Wildman–Crippen MR) is 61.5 cm³/mol. The summed E-state index contributed by atoms with van der Waals surface area (Å²) in [6.07, 6.45) is 0. The van der Waals surface area contributed by atoms with Crippen LogP contribution in [-0.4, -0.2) is 20.6 Å². The molecule has 0 aliphatic carbocycles. The second-order valence-corrected chi connectivity index (χ2v) is 3.54. The van der Waals surface area contributed by atoms with Crippen LogP contribution in [0, 0.1) is 0 Å². The minimum Gasteiger partial charge on any atom is -0.478 e. The number of carboxylic acid groups (broad SMARTS) is 1. The summed E-state index contributed by atoms with van der Waals surface area (Å²) in [5.74, 6) is -1.11. The zero-order valence-corrected chi connectivity index (χ0v) is 9.06. The van der Waals surface area contributed by atoms with Crippen molar-refractivity contribution in [3.63, 3.8) is 0 Å². The summed E-state index contributed by atoms with van der Waals surface area (Å²) < 4.78 is 1.38. The fourth-order valence-electron chi connectivity index (χ4n) is 1.74. The van der Waals surface area contributed by atoms with Gasteiger partial charge in [0.15, 0.2) is 0 Å². The molecule has 0 bridgehead atoms. The number of fused-ring (bicyclic) bond motifs is 1. The normalized spacial score (nSPS) is 10.6. The molecule has 0 aliphatic heterocycles. The van der Waals surface area contributed by atoms with Crippen molar-refractivity contribution < 1.29 is 9.90 Å². The van der Waals surface area contributed by atoms with Crippen LogP contribution in [0.5, 0.6) is 0 Å². The third-order valence-electron chi connectivity index (χ3n) is 2.56. The highest BCUT2D eigenvalue weighted by molar-refractivity contribution is 5.93. The number of carboxylic acids is 1. The number of benzene rings is 1. The number of aromatic nitrogens is 2. The van der Waals surface area contributed by atoms with E-state index in [2.05, 4.69) is 4.98 Å². The Kier molecular flexibility index (Phi) is 2.55. The molecule has 2 N–H and O–H groups in total. The highest BCUT2D eigenvalue weighted by Gasteiger charge is 2.09. The summed E-state index contributed by atoms with van der Waals surface area (Å²) in [6.45, 7) is 2.17. The summed E-state index contributed by atoms with van der Waals surface area (Å²) in [5, 5.41) is 9.04. The van der Waals surface area contributed by atoms with Gasteiger partial charge in [-0.05, 0) is 25.1 Å². The molecule has 6 nitrogen and oxygen atoms in total. The van der Waals surface area contributed by atoms with E-state index in [4.69, 9.17) is 5.11 Å². The highest BCUT2D eigenvalue weighted by atomic mass is 16.4. The minimum absolute atomic E-state index is 0.0179. The molecule has 0 saturated carbocycles. The predicted octanol–water partition coefficient (Wildman–Crippen LogP) is 0.408. The van der Waals surface area contributed by atoms with E-state index in [1.54, 1.807) is 6.92 Å². The van der Waals surface area contributed by atoms with Gasteiger partial charge in [0, 0.05) is 6.54 Å². The third-order valence-corrected chi connectivity index (χ3v) is 2.56. The van der Waals surface area contributed by atoms with Crippen molar-refractivity contribution in [1.82, 2.24) is 9.55 Å². The number of aromatic amines is 1. The number of H-pyrrole nitrogens is 1. The summed E-state index contributed by atoms with van der Waals surface area (Å²) >= 11 is 0. The van der Waals surface area contributed by atoms with Crippen molar-refractivity contribution in [2.45, 2.75) is 13.5 Å². The van der Waals surface area contributed by atoms with Gasteiger partial charge in [0.05, 0.1) is 16.5 Å². The fourth-order valence-corrected chi connectivity index (χ4v) is 1.74. The van der Waals surface area contributed by atoms with Gasteiger partial charge in [-0.1, -0.05) is 0 Å². The van der Waals surface area contributed by atoms with Crippen LogP contribution in [0.1, 0.15) is 17.3 Å². The number of hydrogen-bond acceptors (Lipinski definition) is 3. The Labute approximate surface area is 95.1 Å². The van der Waals surface area contributed by atoms with Crippen molar-refractivity contribution in [3.8, 4) is 0 Å². The lowest BCUT2D eigenvalue weighted by Gasteiger charge is -2.06. The summed E-state index contributed by atoms with van der Waals surface area (Å²) in [7, 11) is 0. The molecule has 0 spiro atoms. The lowest BCUT2D eigenvalue weighted by atomic mass is 10.1. The molecule has 1 heterocycles. The van der Waals surface area contributed by atoms with Gasteiger partial charge in [0.1, 0.15) is 0 Å². The average Bonchev–Trinajstić information content (AvgIpc) is 2.29. The monoisotopic (exact) mass is 234 g/mol. The highest BCUT2D eigenvalue weighted by Crippen LogP contribution is 2.10. The van der Waals surface area contributed by atoms with Crippen LogP contribution in [0.4, 0.5) is 0 Å². The molecule has 0 aliphatic rings. The first-order chi connectivity index (χ1) is 8.04. The Morgan fingerprint density at radius 3 is 2.71 bits per heavy atom. The summed E-state index contributed by atoms with van der Waals surface area (Å²) in [6, 6.07) is 4.11. The first kappa shape index (κ1) is 11.1. The summed E-state index contributed by atoms with van der Waals surface area (Å²) in [4.78, 5) is 36.0.